The molecule has 1 N–H and O–H groups in total. The molecule has 0 radical (unpaired) electrons. The lowest BCUT2D eigenvalue weighted by Gasteiger charge is -2.37. The minimum Gasteiger partial charge on any atom is -0.342 e. The van der Waals surface area contributed by atoms with Crippen molar-refractivity contribution in [1.82, 2.24) is 10.2 Å². The van der Waals surface area contributed by atoms with Crippen LogP contribution >= 0.6 is 0 Å². The van der Waals surface area contributed by atoms with Crippen molar-refractivity contribution in [2.45, 2.75) is 64.3 Å². The summed E-state index contributed by atoms with van der Waals surface area (Å²) in [7, 11) is 2.03. The van der Waals surface area contributed by atoms with Gasteiger partial charge in [-0.3, -0.25) is 4.79 Å². The maximum atomic E-state index is 12.3. The number of carbonyl (C=O) groups is 1. The maximum Gasteiger partial charge on any atom is 0.222 e. The first-order chi connectivity index (χ1) is 9.20. The number of piperidine rings is 1. The molecule has 0 spiro atoms. The zero-order valence-electron chi connectivity index (χ0n) is 12.7. The molecule has 2 fully saturated rings. The third-order valence-corrected chi connectivity index (χ3v) is 5.12. The first-order valence-electron chi connectivity index (χ1n) is 8.15. The number of rotatable bonds is 4. The van der Waals surface area contributed by atoms with Crippen LogP contribution in [0.5, 0.6) is 0 Å². The third kappa shape index (κ3) is 4.20. The lowest BCUT2D eigenvalue weighted by atomic mass is 9.86. The predicted molar refractivity (Wildman–Crippen MR) is 79.0 cm³/mol. The smallest absolute Gasteiger partial charge is 0.222 e. The second-order valence-corrected chi connectivity index (χ2v) is 6.54. The molecular weight excluding hydrogens is 236 g/mol. The van der Waals surface area contributed by atoms with Gasteiger partial charge in [0.15, 0.2) is 0 Å². The highest BCUT2D eigenvalue weighted by Crippen LogP contribution is 2.28. The molecule has 2 unspecified atom stereocenters. The van der Waals surface area contributed by atoms with Gasteiger partial charge in [-0.2, -0.15) is 0 Å². The van der Waals surface area contributed by atoms with E-state index in [1.165, 1.54) is 32.1 Å². The van der Waals surface area contributed by atoms with Crippen LogP contribution in [0.2, 0.25) is 0 Å². The van der Waals surface area contributed by atoms with E-state index in [9.17, 15) is 4.79 Å². The van der Waals surface area contributed by atoms with Crippen molar-refractivity contribution < 1.29 is 4.79 Å². The number of hydrogen-bond acceptors (Lipinski definition) is 2. The number of nitrogens with zero attached hydrogens (tertiary/aromatic N) is 1. The molecule has 19 heavy (non-hydrogen) atoms. The molecule has 1 saturated heterocycles. The lowest BCUT2D eigenvalue weighted by Crippen LogP contribution is -2.49. The van der Waals surface area contributed by atoms with Crippen molar-refractivity contribution in [3.05, 3.63) is 0 Å². The fourth-order valence-corrected chi connectivity index (χ4v) is 3.76. The van der Waals surface area contributed by atoms with Crippen LogP contribution in [0.3, 0.4) is 0 Å². The summed E-state index contributed by atoms with van der Waals surface area (Å²) < 4.78 is 0. The Labute approximate surface area is 118 Å². The van der Waals surface area contributed by atoms with Gasteiger partial charge >= 0.3 is 0 Å². The average molecular weight is 266 g/mol. The van der Waals surface area contributed by atoms with Crippen LogP contribution in [0.25, 0.3) is 0 Å². The summed E-state index contributed by atoms with van der Waals surface area (Å²) in [5.74, 6) is 1.80. The zero-order valence-corrected chi connectivity index (χ0v) is 12.7. The molecular formula is C16H30N2O. The number of amides is 1. The van der Waals surface area contributed by atoms with Crippen molar-refractivity contribution in [2.75, 3.05) is 20.1 Å². The van der Waals surface area contributed by atoms with E-state index in [0.29, 0.717) is 17.9 Å². The van der Waals surface area contributed by atoms with Gasteiger partial charge in [-0.25, -0.2) is 0 Å². The van der Waals surface area contributed by atoms with Gasteiger partial charge in [-0.1, -0.05) is 39.0 Å². The van der Waals surface area contributed by atoms with E-state index in [1.54, 1.807) is 0 Å². The Kier molecular flexibility index (Phi) is 5.68. The molecule has 1 saturated carbocycles. The number of nitrogens with one attached hydrogen (secondary N) is 1. The fraction of sp³-hybridized carbons (Fsp3) is 0.938. The van der Waals surface area contributed by atoms with E-state index < -0.39 is 0 Å². The van der Waals surface area contributed by atoms with Crippen molar-refractivity contribution in [3.63, 3.8) is 0 Å². The molecule has 0 aromatic rings. The van der Waals surface area contributed by atoms with Crippen LogP contribution in [0, 0.1) is 11.8 Å². The molecule has 0 aromatic carbocycles. The molecule has 3 nitrogen and oxygen atoms in total. The molecule has 1 amide bonds. The van der Waals surface area contributed by atoms with E-state index in [2.05, 4.69) is 17.1 Å². The third-order valence-electron chi connectivity index (χ3n) is 5.12. The van der Waals surface area contributed by atoms with Gasteiger partial charge in [0, 0.05) is 25.6 Å². The second kappa shape index (κ2) is 7.28. The van der Waals surface area contributed by atoms with Gasteiger partial charge in [0.25, 0.3) is 0 Å². The molecule has 0 bridgehead atoms. The second-order valence-electron chi connectivity index (χ2n) is 6.54. The van der Waals surface area contributed by atoms with Crippen LogP contribution in [0.15, 0.2) is 0 Å². The summed E-state index contributed by atoms with van der Waals surface area (Å²) in [5, 5.41) is 3.36. The summed E-state index contributed by atoms with van der Waals surface area (Å²) in [4.78, 5) is 14.4. The van der Waals surface area contributed by atoms with Crippen molar-refractivity contribution in [1.29, 1.82) is 0 Å². The maximum absolute atomic E-state index is 12.3. The minimum absolute atomic E-state index is 0.395. The highest BCUT2D eigenvalue weighted by molar-refractivity contribution is 5.76. The largest absolute Gasteiger partial charge is 0.342 e. The van der Waals surface area contributed by atoms with Crippen LogP contribution in [-0.2, 0) is 4.79 Å². The van der Waals surface area contributed by atoms with Gasteiger partial charge in [0.1, 0.15) is 0 Å². The van der Waals surface area contributed by atoms with Gasteiger partial charge in [0.2, 0.25) is 5.91 Å². The molecule has 3 heteroatoms. The Hall–Kier alpha value is -0.570. The monoisotopic (exact) mass is 266 g/mol. The quantitative estimate of drug-likeness (QED) is 0.848. The van der Waals surface area contributed by atoms with Crippen molar-refractivity contribution >= 4 is 5.91 Å². The van der Waals surface area contributed by atoms with Gasteiger partial charge in [0.05, 0.1) is 0 Å². The highest BCUT2D eigenvalue weighted by Gasteiger charge is 2.27. The first kappa shape index (κ1) is 14.8. The molecule has 1 aliphatic carbocycles. The number of hydrogen-bond donors (Lipinski definition) is 1. The standard InChI is InChI=1S/C16H30N2O/c1-13-12-18(11-10-15(13)17-2)16(19)9-8-14-6-4-3-5-7-14/h13-15,17H,3-12H2,1-2H3. The fourth-order valence-electron chi connectivity index (χ4n) is 3.76. The Morgan fingerprint density at radius 1 is 1.21 bits per heavy atom. The van der Waals surface area contributed by atoms with Crippen LogP contribution in [0.4, 0.5) is 0 Å². The number of carbonyl (C=O) groups excluding carboxylic acids is 1. The summed E-state index contributed by atoms with van der Waals surface area (Å²) in [5.41, 5.74) is 0. The normalized spacial score (nSPS) is 29.5. The summed E-state index contributed by atoms with van der Waals surface area (Å²) in [6, 6.07) is 0.586. The van der Waals surface area contributed by atoms with Crippen molar-refractivity contribution in [2.24, 2.45) is 11.8 Å². The van der Waals surface area contributed by atoms with E-state index in [4.69, 9.17) is 0 Å². The summed E-state index contributed by atoms with van der Waals surface area (Å²) in [6.07, 6.45) is 9.87. The highest BCUT2D eigenvalue weighted by atomic mass is 16.2. The van der Waals surface area contributed by atoms with Gasteiger partial charge in [-0.15, -0.1) is 0 Å². The van der Waals surface area contributed by atoms with E-state index >= 15 is 0 Å². The minimum atomic E-state index is 0.395. The SMILES string of the molecule is CNC1CCN(C(=O)CCC2CCCCC2)CC1C. The average Bonchev–Trinajstić information content (AvgIpc) is 2.45. The van der Waals surface area contributed by atoms with Crippen LogP contribution in [0.1, 0.15) is 58.3 Å². The topological polar surface area (TPSA) is 32.3 Å². The van der Waals surface area contributed by atoms with Gasteiger partial charge < -0.3 is 10.2 Å². The van der Waals surface area contributed by atoms with E-state index in [0.717, 1.165) is 38.3 Å². The Balaban J connectivity index is 1.71. The Morgan fingerprint density at radius 2 is 1.95 bits per heavy atom. The van der Waals surface area contributed by atoms with Crippen LogP contribution in [-0.4, -0.2) is 37.0 Å². The first-order valence-corrected chi connectivity index (χ1v) is 8.15. The zero-order chi connectivity index (χ0) is 13.7. The summed E-state index contributed by atoms with van der Waals surface area (Å²) in [6.45, 7) is 4.14. The molecule has 110 valence electrons. The Morgan fingerprint density at radius 3 is 2.58 bits per heavy atom. The molecule has 1 heterocycles. The molecule has 0 aromatic heterocycles. The lowest BCUT2D eigenvalue weighted by molar-refractivity contribution is -0.133. The molecule has 1 aliphatic heterocycles. The Bertz CT molecular complexity index is 286. The van der Waals surface area contributed by atoms with E-state index in [-0.39, 0.29) is 0 Å². The number of likely N-dealkylation sites (tertiary alicyclic amines) is 1. The molecule has 2 atom stereocenters. The predicted octanol–water partition coefficient (Wildman–Crippen LogP) is 2.80. The van der Waals surface area contributed by atoms with Gasteiger partial charge in [-0.05, 0) is 31.7 Å². The van der Waals surface area contributed by atoms with Crippen LogP contribution < -0.4 is 5.32 Å². The van der Waals surface area contributed by atoms with Crippen molar-refractivity contribution in [3.8, 4) is 0 Å². The molecule has 2 aliphatic rings. The summed E-state index contributed by atoms with van der Waals surface area (Å²) >= 11 is 0. The van der Waals surface area contributed by atoms with E-state index in [1.807, 2.05) is 7.05 Å². The molecule has 2 rings (SSSR count).